The van der Waals surface area contributed by atoms with Crippen LogP contribution < -0.4 is 15.1 Å². The van der Waals surface area contributed by atoms with E-state index in [0.29, 0.717) is 15.1 Å². The average Bonchev–Trinajstić information content (AvgIpc) is 3.11. The van der Waals surface area contributed by atoms with Crippen LogP contribution in [0.4, 0.5) is 45.5 Å². The number of para-hydroxylation sites is 2. The molecule has 48 heavy (non-hydrogen) atoms. The molecule has 8 rings (SSSR count). The number of rotatable bonds is 4. The summed E-state index contributed by atoms with van der Waals surface area (Å²) in [6.45, 7) is 0. The SMILES string of the molecule is Clc1cccc(-c2ccc3cc2Nc2cc(ccc2-c2cccc(Cl)c2)N(c2ccccc2)c2cccc(c2Cl)N3c2ccccc2)c1. The molecule has 1 heterocycles. The van der Waals surface area contributed by atoms with Crippen molar-refractivity contribution in [1.82, 2.24) is 0 Å². The number of benzene rings is 7. The van der Waals surface area contributed by atoms with E-state index in [-0.39, 0.29) is 0 Å². The maximum Gasteiger partial charge on any atom is 0.0887 e. The van der Waals surface area contributed by atoms with Gasteiger partial charge < -0.3 is 15.1 Å². The fourth-order valence-electron chi connectivity index (χ4n) is 6.37. The molecule has 1 aliphatic rings. The Morgan fingerprint density at radius 3 is 1.25 bits per heavy atom. The highest BCUT2D eigenvalue weighted by Gasteiger charge is 2.25. The van der Waals surface area contributed by atoms with Crippen molar-refractivity contribution < 1.29 is 0 Å². The molecule has 7 aromatic rings. The first-order valence-corrected chi connectivity index (χ1v) is 16.7. The van der Waals surface area contributed by atoms with Gasteiger partial charge >= 0.3 is 0 Å². The van der Waals surface area contributed by atoms with Crippen LogP contribution in [0.25, 0.3) is 22.3 Å². The second-order valence-electron chi connectivity index (χ2n) is 11.6. The Labute approximate surface area is 295 Å². The van der Waals surface area contributed by atoms with Gasteiger partial charge in [0.2, 0.25) is 0 Å². The van der Waals surface area contributed by atoms with Crippen LogP contribution >= 0.6 is 34.8 Å². The van der Waals surface area contributed by atoms with Gasteiger partial charge in [-0.05, 0) is 96.1 Å². The Morgan fingerprint density at radius 1 is 0.375 bits per heavy atom. The molecular formula is C42H28Cl3N3. The second kappa shape index (κ2) is 12.8. The molecule has 1 aliphatic heterocycles. The molecule has 0 spiro atoms. The number of nitrogens with one attached hydrogen (secondary N) is 1. The van der Waals surface area contributed by atoms with Crippen molar-refractivity contribution in [3.63, 3.8) is 0 Å². The number of anilines is 8. The molecule has 6 heteroatoms. The summed E-state index contributed by atoms with van der Waals surface area (Å²) in [4.78, 5) is 4.41. The van der Waals surface area contributed by atoms with Crippen molar-refractivity contribution in [2.75, 3.05) is 15.1 Å². The molecule has 0 saturated heterocycles. The molecule has 0 fully saturated rings. The average molecular weight is 681 g/mol. The number of hydrogen-bond donors (Lipinski definition) is 1. The third-order valence-corrected chi connectivity index (χ3v) is 9.39. The third-order valence-electron chi connectivity index (χ3n) is 8.53. The zero-order chi connectivity index (χ0) is 32.6. The summed E-state index contributed by atoms with van der Waals surface area (Å²) in [6, 6.07) is 55.6. The number of hydrogen-bond acceptors (Lipinski definition) is 3. The molecule has 6 bridgehead atoms. The Bertz CT molecular complexity index is 2110. The van der Waals surface area contributed by atoms with Gasteiger partial charge in [-0.25, -0.2) is 0 Å². The maximum atomic E-state index is 7.51. The zero-order valence-corrected chi connectivity index (χ0v) is 27.9. The normalized spacial score (nSPS) is 12.1. The lowest BCUT2D eigenvalue weighted by Crippen LogP contribution is -2.15. The lowest BCUT2D eigenvalue weighted by Gasteiger charge is -2.32. The highest BCUT2D eigenvalue weighted by molar-refractivity contribution is 6.36. The van der Waals surface area contributed by atoms with Crippen LogP contribution in [0.15, 0.2) is 164 Å². The standard InChI is InChI=1S/C42H28Cl3N3/c43-30-12-7-10-28(24-30)36-22-20-34-26-38(36)46-39-27-35(21-23-37(39)29-11-8-13-31(44)25-29)48(33-16-5-2-6-17-33)41-19-9-18-40(42(41)45)47(34)32-14-3-1-4-15-32/h1-27,46H. The van der Waals surface area contributed by atoms with E-state index in [1.165, 1.54) is 0 Å². The summed E-state index contributed by atoms with van der Waals surface area (Å²) in [6.07, 6.45) is 0. The van der Waals surface area contributed by atoms with E-state index in [2.05, 4.69) is 106 Å². The van der Waals surface area contributed by atoms with Crippen molar-refractivity contribution >= 4 is 80.3 Å². The molecular weight excluding hydrogens is 653 g/mol. The van der Waals surface area contributed by atoms with E-state index in [1.54, 1.807) is 0 Å². The minimum absolute atomic E-state index is 0.625. The first-order chi connectivity index (χ1) is 23.5. The monoisotopic (exact) mass is 679 g/mol. The smallest absolute Gasteiger partial charge is 0.0887 e. The Kier molecular flexibility index (Phi) is 8.03. The summed E-state index contributed by atoms with van der Waals surface area (Å²) < 4.78 is 0. The van der Waals surface area contributed by atoms with Crippen molar-refractivity contribution in [3.8, 4) is 22.3 Å². The molecule has 0 saturated carbocycles. The molecule has 0 amide bonds. The Balaban J connectivity index is 1.46. The predicted molar refractivity (Wildman–Crippen MR) is 205 cm³/mol. The van der Waals surface area contributed by atoms with E-state index in [4.69, 9.17) is 34.8 Å². The van der Waals surface area contributed by atoms with Gasteiger partial charge in [0.15, 0.2) is 0 Å². The van der Waals surface area contributed by atoms with Crippen molar-refractivity contribution in [2.24, 2.45) is 0 Å². The van der Waals surface area contributed by atoms with Gasteiger partial charge in [-0.15, -0.1) is 0 Å². The highest BCUT2D eigenvalue weighted by atomic mass is 35.5. The minimum atomic E-state index is 0.625. The largest absolute Gasteiger partial charge is 0.354 e. The summed E-state index contributed by atoms with van der Waals surface area (Å²) >= 11 is 20.6. The maximum absolute atomic E-state index is 7.51. The van der Waals surface area contributed by atoms with Gasteiger partial charge in [0, 0.05) is 55.3 Å². The lowest BCUT2D eigenvalue weighted by molar-refractivity contribution is 1.24. The predicted octanol–water partition coefficient (Wildman–Crippen LogP) is 14.0. The summed E-state index contributed by atoms with van der Waals surface area (Å²) in [5.41, 5.74) is 11.4. The van der Waals surface area contributed by atoms with E-state index in [1.807, 2.05) is 72.8 Å². The fraction of sp³-hybridized carbons (Fsp3) is 0. The first-order valence-electron chi connectivity index (χ1n) is 15.6. The molecule has 0 unspecified atom stereocenters. The number of nitrogens with zero attached hydrogens (tertiary/aromatic N) is 2. The van der Waals surface area contributed by atoms with Crippen LogP contribution in [0, 0.1) is 0 Å². The van der Waals surface area contributed by atoms with Crippen LogP contribution in [0.1, 0.15) is 0 Å². The lowest BCUT2D eigenvalue weighted by atomic mass is 9.99. The third kappa shape index (κ3) is 5.67. The fourth-order valence-corrected chi connectivity index (χ4v) is 7.05. The van der Waals surface area contributed by atoms with Gasteiger partial charge in [0.25, 0.3) is 0 Å². The van der Waals surface area contributed by atoms with Crippen molar-refractivity contribution in [2.45, 2.75) is 0 Å². The molecule has 0 atom stereocenters. The van der Waals surface area contributed by atoms with Gasteiger partial charge in [-0.1, -0.05) is 114 Å². The highest BCUT2D eigenvalue weighted by Crippen LogP contribution is 2.49. The van der Waals surface area contributed by atoms with Crippen LogP contribution in [-0.4, -0.2) is 0 Å². The minimum Gasteiger partial charge on any atom is -0.354 e. The van der Waals surface area contributed by atoms with Gasteiger partial charge in [0.05, 0.1) is 16.4 Å². The first kappa shape index (κ1) is 30.2. The molecule has 3 nitrogen and oxygen atoms in total. The molecule has 0 aliphatic carbocycles. The van der Waals surface area contributed by atoms with Gasteiger partial charge in [-0.2, -0.15) is 0 Å². The molecule has 7 aromatic carbocycles. The van der Waals surface area contributed by atoms with Crippen LogP contribution in [0.3, 0.4) is 0 Å². The topological polar surface area (TPSA) is 18.5 Å². The van der Waals surface area contributed by atoms with Gasteiger partial charge in [-0.3, -0.25) is 0 Å². The number of halogens is 3. The summed E-state index contributed by atoms with van der Waals surface area (Å²) in [5, 5.41) is 5.84. The van der Waals surface area contributed by atoms with Crippen molar-refractivity contribution in [1.29, 1.82) is 0 Å². The molecule has 232 valence electrons. The molecule has 0 aromatic heterocycles. The van der Waals surface area contributed by atoms with Crippen LogP contribution in [0.5, 0.6) is 0 Å². The van der Waals surface area contributed by atoms with Crippen LogP contribution in [0.2, 0.25) is 15.1 Å². The zero-order valence-electron chi connectivity index (χ0n) is 25.6. The van der Waals surface area contributed by atoms with E-state index in [0.717, 1.165) is 67.8 Å². The molecule has 1 N–H and O–H groups in total. The van der Waals surface area contributed by atoms with E-state index < -0.39 is 0 Å². The molecule has 0 radical (unpaired) electrons. The van der Waals surface area contributed by atoms with Gasteiger partial charge in [0.1, 0.15) is 0 Å². The number of fused-ring (bicyclic) bond motifs is 6. The van der Waals surface area contributed by atoms with Crippen LogP contribution in [-0.2, 0) is 0 Å². The summed E-state index contributed by atoms with van der Waals surface area (Å²) in [5.74, 6) is 0. The quantitative estimate of drug-likeness (QED) is 0.200. The van der Waals surface area contributed by atoms with E-state index >= 15 is 0 Å². The second-order valence-corrected chi connectivity index (χ2v) is 12.8. The van der Waals surface area contributed by atoms with E-state index in [9.17, 15) is 0 Å². The summed E-state index contributed by atoms with van der Waals surface area (Å²) in [7, 11) is 0. The van der Waals surface area contributed by atoms with Crippen molar-refractivity contribution in [3.05, 3.63) is 179 Å². The Hall–Kier alpha value is -5.19. The Morgan fingerprint density at radius 2 is 0.812 bits per heavy atom.